The Hall–Kier alpha value is -0.800. The van der Waals surface area contributed by atoms with E-state index >= 15 is 0 Å². The summed E-state index contributed by atoms with van der Waals surface area (Å²) in [6, 6.07) is 0. The van der Waals surface area contributed by atoms with Gasteiger partial charge in [-0.3, -0.25) is 0 Å². The lowest BCUT2D eigenvalue weighted by Gasteiger charge is -1.64. The first kappa shape index (κ1) is 2.44. The zero-order valence-electron chi connectivity index (χ0n) is 2.51. The molecule has 0 saturated carbocycles. The maximum atomic E-state index is 4.29. The molecule has 1 rings (SSSR count). The van der Waals surface area contributed by atoms with Crippen LogP contribution in [0.25, 0.3) is 0 Å². The molecule has 0 fully saturated rings. The van der Waals surface area contributed by atoms with Crippen molar-refractivity contribution in [1.82, 2.24) is 10.6 Å². The van der Waals surface area contributed by atoms with E-state index in [1.807, 2.05) is 0 Å². The van der Waals surface area contributed by atoms with Crippen LogP contribution in [0, 0.1) is 0 Å². The van der Waals surface area contributed by atoms with Crippen molar-refractivity contribution >= 4 is 0 Å². The van der Waals surface area contributed by atoms with Crippen molar-refractivity contribution in [3.63, 3.8) is 0 Å². The van der Waals surface area contributed by atoms with Gasteiger partial charge >= 0.3 is 5.22 Å². The number of hydrogen-bond acceptors (Lipinski definition) is 4. The Morgan fingerprint density at radius 2 is 3.00 bits per heavy atom. The Labute approximate surface area is 28.8 Å². The molecule has 4 nitrogen and oxygen atoms in total. The number of hydrogen-bond donors (Lipinski definition) is 1. The smallest absolute Gasteiger partial charge is 0.313 e. The second kappa shape index (κ2) is 0.878. The zero-order chi connectivity index (χ0) is 3.54. The molecule has 0 bridgehead atoms. The van der Waals surface area contributed by atoms with Gasteiger partial charge in [0.05, 0.1) is 0 Å². The van der Waals surface area contributed by atoms with Crippen LogP contribution in [0.3, 0.4) is 0 Å². The second-order valence-corrected chi connectivity index (χ2v) is 0.613. The molecule has 1 aliphatic heterocycles. The van der Waals surface area contributed by atoms with E-state index < -0.39 is 0 Å². The average molecular weight is 73.1 g/mol. The molecular formula is CH3N3O+. The molecule has 5 heavy (non-hydrogen) atoms. The van der Waals surface area contributed by atoms with Gasteiger partial charge in [-0.2, -0.15) is 0 Å². The standard InChI is InChI=1S/CH3N3O/c1-2-3-4-5-1/h1H2,(H,2,4)/q+1. The second-order valence-electron chi connectivity index (χ2n) is 0.613. The number of nitrogens with one attached hydrogen (secondary N) is 1. The summed E-state index contributed by atoms with van der Waals surface area (Å²) in [5.41, 5.74) is 2.46. The third-order valence-corrected chi connectivity index (χ3v) is 0.298. The van der Waals surface area contributed by atoms with Crippen molar-refractivity contribution < 1.29 is 4.84 Å². The van der Waals surface area contributed by atoms with Crippen LogP contribution in [0.1, 0.15) is 0 Å². The molecule has 1 N–H and O–H groups in total. The molecule has 0 aromatic rings. The van der Waals surface area contributed by atoms with Crippen molar-refractivity contribution in [2.24, 2.45) is 5.28 Å². The fourth-order valence-corrected chi connectivity index (χ4v) is 0.144. The van der Waals surface area contributed by atoms with Gasteiger partial charge in [0.1, 0.15) is 0 Å². The largest absolute Gasteiger partial charge is 0.367 e. The first-order valence-corrected chi connectivity index (χ1v) is 1.25. The molecule has 27 valence electrons. The fourth-order valence-electron chi connectivity index (χ4n) is 0.144. The monoisotopic (exact) mass is 73.0 g/mol. The van der Waals surface area contributed by atoms with E-state index in [4.69, 9.17) is 0 Å². The van der Waals surface area contributed by atoms with Gasteiger partial charge in [0, 0.05) is 0 Å². The van der Waals surface area contributed by atoms with E-state index in [-0.39, 0.29) is 0 Å². The topological polar surface area (TPSA) is 47.7 Å². The lowest BCUT2D eigenvalue weighted by molar-refractivity contribution is 0.162. The molecule has 0 aromatic carbocycles. The van der Waals surface area contributed by atoms with Crippen LogP contribution in [0.4, 0.5) is 0 Å². The lowest BCUT2D eigenvalue weighted by Crippen LogP contribution is -2.07. The van der Waals surface area contributed by atoms with Gasteiger partial charge in [-0.15, -0.1) is 0 Å². The number of rotatable bonds is 0. The van der Waals surface area contributed by atoms with Crippen LogP contribution in [-0.2, 0) is 4.84 Å². The molecule has 0 unspecified atom stereocenters. The van der Waals surface area contributed by atoms with Crippen molar-refractivity contribution in [3.8, 4) is 0 Å². The summed E-state index contributed by atoms with van der Waals surface area (Å²) in [5, 5.41) is 6.33. The van der Waals surface area contributed by atoms with Crippen molar-refractivity contribution in [3.05, 3.63) is 0 Å². The van der Waals surface area contributed by atoms with E-state index in [1.165, 1.54) is 0 Å². The Morgan fingerprint density at radius 3 is 3.20 bits per heavy atom. The van der Waals surface area contributed by atoms with Crippen LogP contribution in [0.2, 0.25) is 0 Å². The summed E-state index contributed by atoms with van der Waals surface area (Å²) in [5.74, 6) is 0. The highest BCUT2D eigenvalue weighted by atomic mass is 16.7. The molecule has 0 aliphatic carbocycles. The van der Waals surface area contributed by atoms with Crippen LogP contribution in [-0.4, -0.2) is 6.73 Å². The van der Waals surface area contributed by atoms with E-state index in [2.05, 4.69) is 20.8 Å². The molecular weight excluding hydrogens is 70.0 g/mol. The van der Waals surface area contributed by atoms with E-state index in [1.54, 1.807) is 0 Å². The Balaban J connectivity index is 2.32. The predicted molar refractivity (Wildman–Crippen MR) is 13.6 cm³/mol. The summed E-state index contributed by atoms with van der Waals surface area (Å²) >= 11 is 0. The summed E-state index contributed by atoms with van der Waals surface area (Å²) in [7, 11) is 0. The maximum absolute atomic E-state index is 4.29. The maximum Gasteiger partial charge on any atom is 0.367 e. The van der Waals surface area contributed by atoms with Gasteiger partial charge in [0.2, 0.25) is 0 Å². The summed E-state index contributed by atoms with van der Waals surface area (Å²) in [4.78, 5) is 4.29. The molecule has 0 atom stereocenters. The first-order chi connectivity index (χ1) is 2.50. The van der Waals surface area contributed by atoms with Crippen LogP contribution in [0.15, 0.2) is 5.28 Å². The Morgan fingerprint density at radius 1 is 2.00 bits per heavy atom. The molecule has 4 heteroatoms. The first-order valence-electron chi connectivity index (χ1n) is 1.25. The number of nitrogens with zero attached hydrogens (tertiary/aromatic N) is 2. The lowest BCUT2D eigenvalue weighted by atomic mass is 11.4. The molecule has 0 amide bonds. The highest BCUT2D eigenvalue weighted by molar-refractivity contribution is 4.11. The third-order valence-electron chi connectivity index (χ3n) is 0.298. The highest BCUT2D eigenvalue weighted by Gasteiger charge is 2.01. The van der Waals surface area contributed by atoms with Crippen molar-refractivity contribution in [2.45, 2.75) is 0 Å². The van der Waals surface area contributed by atoms with Crippen LogP contribution >= 0.6 is 0 Å². The SMILES string of the molecule is C1N[N+]=NO1. The van der Waals surface area contributed by atoms with Crippen molar-refractivity contribution in [2.75, 3.05) is 6.73 Å². The third kappa shape index (κ3) is 0.261. The molecule has 1 heterocycles. The van der Waals surface area contributed by atoms with Gasteiger partial charge in [0.15, 0.2) is 0 Å². The summed E-state index contributed by atoms with van der Waals surface area (Å²) < 4.78 is 0. The molecule has 0 aromatic heterocycles. The predicted octanol–water partition coefficient (Wildman–Crippen LogP) is -0.818. The van der Waals surface area contributed by atoms with Gasteiger partial charge in [-0.05, 0) is 0 Å². The summed E-state index contributed by atoms with van der Waals surface area (Å²) in [6.45, 7) is 0.417. The molecule has 1 aliphatic rings. The Bertz CT molecular complexity index is 44.9. The molecule has 1 radical (unpaired) electrons. The molecule has 0 saturated heterocycles. The van der Waals surface area contributed by atoms with Crippen LogP contribution in [0.5, 0.6) is 0 Å². The van der Waals surface area contributed by atoms with Crippen molar-refractivity contribution in [1.29, 1.82) is 0 Å². The fraction of sp³-hybridized carbons (Fsp3) is 1.00. The quantitative estimate of drug-likeness (QED) is 0.407. The summed E-state index contributed by atoms with van der Waals surface area (Å²) in [6.07, 6.45) is 0. The van der Waals surface area contributed by atoms with Gasteiger partial charge in [-0.1, -0.05) is 5.43 Å². The van der Waals surface area contributed by atoms with E-state index in [0.29, 0.717) is 6.73 Å². The minimum Gasteiger partial charge on any atom is -0.313 e. The Kier molecular flexibility index (Phi) is 0.428. The molecule has 0 spiro atoms. The minimum absolute atomic E-state index is 0.417. The highest BCUT2D eigenvalue weighted by Crippen LogP contribution is 1.70. The van der Waals surface area contributed by atoms with Gasteiger partial charge in [0.25, 0.3) is 12.0 Å². The van der Waals surface area contributed by atoms with E-state index in [0.717, 1.165) is 0 Å². The van der Waals surface area contributed by atoms with Crippen LogP contribution < -0.4 is 10.6 Å². The van der Waals surface area contributed by atoms with E-state index in [9.17, 15) is 0 Å². The zero-order valence-corrected chi connectivity index (χ0v) is 2.51. The van der Waals surface area contributed by atoms with Gasteiger partial charge < -0.3 is 4.84 Å². The average Bonchev–Trinajstić information content (AvgIpc) is 1.76. The minimum atomic E-state index is 0.417. The van der Waals surface area contributed by atoms with Gasteiger partial charge in [-0.25, -0.2) is 0 Å². The normalized spacial score (nSPS) is 17.6.